The van der Waals surface area contributed by atoms with E-state index in [-0.39, 0.29) is 24.0 Å². The molecule has 1 aromatic heterocycles. The van der Waals surface area contributed by atoms with Gasteiger partial charge in [-0.3, -0.25) is 4.99 Å². The number of rotatable bonds is 11. The molecule has 3 rings (SSSR count). The SMILES string of the molecule is CCNC(=NCCCc1nnc2n1CCCCC2)NCCC(OCC)C1CCCC1.I. The lowest BCUT2D eigenvalue weighted by molar-refractivity contribution is 0.0169. The van der Waals surface area contributed by atoms with Gasteiger partial charge in [0.1, 0.15) is 11.6 Å². The molecule has 1 unspecified atom stereocenters. The number of aromatic nitrogens is 3. The first-order valence-corrected chi connectivity index (χ1v) is 12.4. The number of fused-ring (bicyclic) bond motifs is 1. The van der Waals surface area contributed by atoms with Gasteiger partial charge in [-0.05, 0) is 58.3 Å². The molecular weight excluding hydrogens is 503 g/mol. The summed E-state index contributed by atoms with van der Waals surface area (Å²) in [5.74, 6) is 3.96. The lowest BCUT2D eigenvalue weighted by Crippen LogP contribution is -2.39. The van der Waals surface area contributed by atoms with E-state index in [0.29, 0.717) is 6.10 Å². The summed E-state index contributed by atoms with van der Waals surface area (Å²) >= 11 is 0. The fraction of sp³-hybridized carbons (Fsp3) is 0.870. The highest BCUT2D eigenvalue weighted by atomic mass is 127. The van der Waals surface area contributed by atoms with Crippen molar-refractivity contribution in [2.24, 2.45) is 10.9 Å². The molecule has 0 amide bonds. The topological polar surface area (TPSA) is 76.4 Å². The molecule has 8 heteroatoms. The van der Waals surface area contributed by atoms with E-state index in [9.17, 15) is 0 Å². The molecule has 0 aromatic carbocycles. The molecule has 31 heavy (non-hydrogen) atoms. The lowest BCUT2D eigenvalue weighted by Gasteiger charge is -2.24. The van der Waals surface area contributed by atoms with Crippen molar-refractivity contribution >= 4 is 29.9 Å². The van der Waals surface area contributed by atoms with E-state index in [1.807, 2.05) is 0 Å². The molecule has 0 spiro atoms. The normalized spacial score (nSPS) is 18.2. The smallest absolute Gasteiger partial charge is 0.191 e. The first-order valence-electron chi connectivity index (χ1n) is 12.4. The zero-order valence-electron chi connectivity index (χ0n) is 19.6. The fourth-order valence-corrected chi connectivity index (χ4v) is 4.83. The standard InChI is InChI=1S/C23H42N6O.HI/c1-3-24-23(26-17-15-20(30-4-2)19-11-7-8-12-19)25-16-10-14-22-28-27-21-13-6-5-9-18-29(21)22;/h19-20H,3-18H2,1-2H3,(H2,24,25,26);1H. The summed E-state index contributed by atoms with van der Waals surface area (Å²) in [7, 11) is 0. The van der Waals surface area contributed by atoms with Gasteiger partial charge in [-0.1, -0.05) is 19.3 Å². The van der Waals surface area contributed by atoms with Gasteiger partial charge in [0.25, 0.3) is 0 Å². The number of aryl methyl sites for hydroxylation is 2. The van der Waals surface area contributed by atoms with Crippen LogP contribution in [-0.4, -0.2) is 53.1 Å². The van der Waals surface area contributed by atoms with Crippen LogP contribution < -0.4 is 10.6 Å². The molecule has 7 nitrogen and oxygen atoms in total. The molecule has 2 aliphatic rings. The van der Waals surface area contributed by atoms with Gasteiger partial charge in [0.15, 0.2) is 5.96 Å². The number of nitrogens with one attached hydrogen (secondary N) is 2. The highest BCUT2D eigenvalue weighted by Gasteiger charge is 2.25. The number of hydrogen-bond acceptors (Lipinski definition) is 4. The van der Waals surface area contributed by atoms with Crippen molar-refractivity contribution < 1.29 is 4.74 Å². The maximum absolute atomic E-state index is 6.05. The first-order chi connectivity index (χ1) is 14.8. The number of guanidine groups is 1. The Labute approximate surface area is 205 Å². The first kappa shape index (κ1) is 26.4. The van der Waals surface area contributed by atoms with Crippen LogP contribution in [0.15, 0.2) is 4.99 Å². The average Bonchev–Trinajstić information content (AvgIpc) is 3.35. The number of ether oxygens (including phenoxy) is 1. The van der Waals surface area contributed by atoms with Crippen LogP contribution in [0.5, 0.6) is 0 Å². The van der Waals surface area contributed by atoms with Crippen LogP contribution in [0.25, 0.3) is 0 Å². The second-order valence-electron chi connectivity index (χ2n) is 8.61. The predicted molar refractivity (Wildman–Crippen MR) is 137 cm³/mol. The predicted octanol–water partition coefficient (Wildman–Crippen LogP) is 4.10. The van der Waals surface area contributed by atoms with Crippen molar-refractivity contribution in [1.29, 1.82) is 0 Å². The number of aliphatic imine (C=N–C) groups is 1. The zero-order chi connectivity index (χ0) is 21.0. The fourth-order valence-electron chi connectivity index (χ4n) is 4.83. The van der Waals surface area contributed by atoms with E-state index in [2.05, 4.69) is 39.2 Å². The zero-order valence-corrected chi connectivity index (χ0v) is 21.9. The number of hydrogen-bond donors (Lipinski definition) is 2. The largest absolute Gasteiger partial charge is 0.378 e. The van der Waals surface area contributed by atoms with Crippen LogP contribution in [0.4, 0.5) is 0 Å². The van der Waals surface area contributed by atoms with Gasteiger partial charge in [-0.15, -0.1) is 34.2 Å². The Morgan fingerprint density at radius 2 is 1.97 bits per heavy atom. The Bertz CT molecular complexity index is 644. The van der Waals surface area contributed by atoms with E-state index in [0.717, 1.165) is 76.2 Å². The van der Waals surface area contributed by atoms with Crippen molar-refractivity contribution in [3.8, 4) is 0 Å². The summed E-state index contributed by atoms with van der Waals surface area (Å²) in [5, 5.41) is 15.7. The van der Waals surface area contributed by atoms with Gasteiger partial charge in [-0.2, -0.15) is 0 Å². The molecular formula is C23H43IN6O. The summed E-state index contributed by atoms with van der Waals surface area (Å²) in [4.78, 5) is 4.78. The highest BCUT2D eigenvalue weighted by Crippen LogP contribution is 2.30. The second-order valence-corrected chi connectivity index (χ2v) is 8.61. The molecule has 1 aliphatic heterocycles. The van der Waals surface area contributed by atoms with E-state index in [1.165, 1.54) is 50.8 Å². The van der Waals surface area contributed by atoms with E-state index < -0.39 is 0 Å². The van der Waals surface area contributed by atoms with Gasteiger partial charge < -0.3 is 19.9 Å². The second kappa shape index (κ2) is 15.0. The van der Waals surface area contributed by atoms with E-state index >= 15 is 0 Å². The summed E-state index contributed by atoms with van der Waals surface area (Å²) in [6.45, 7) is 8.69. The lowest BCUT2D eigenvalue weighted by atomic mass is 9.98. The Kier molecular flexibility index (Phi) is 12.8. The molecule has 1 aromatic rings. The Morgan fingerprint density at radius 1 is 1.13 bits per heavy atom. The van der Waals surface area contributed by atoms with Gasteiger partial charge in [0, 0.05) is 45.6 Å². The molecule has 2 N–H and O–H groups in total. The molecule has 1 aliphatic carbocycles. The third-order valence-corrected chi connectivity index (χ3v) is 6.39. The third kappa shape index (κ3) is 8.51. The minimum Gasteiger partial charge on any atom is -0.378 e. The maximum Gasteiger partial charge on any atom is 0.191 e. The summed E-state index contributed by atoms with van der Waals surface area (Å²) in [6, 6.07) is 0. The highest BCUT2D eigenvalue weighted by molar-refractivity contribution is 14.0. The van der Waals surface area contributed by atoms with Crippen LogP contribution in [0.2, 0.25) is 0 Å². The molecule has 2 heterocycles. The Hall–Kier alpha value is -0.900. The minimum atomic E-state index is 0. The van der Waals surface area contributed by atoms with Crippen molar-refractivity contribution in [2.45, 2.75) is 97.1 Å². The maximum atomic E-state index is 6.05. The van der Waals surface area contributed by atoms with E-state index in [4.69, 9.17) is 9.73 Å². The van der Waals surface area contributed by atoms with Crippen molar-refractivity contribution in [2.75, 3.05) is 26.2 Å². The van der Waals surface area contributed by atoms with Crippen LogP contribution >= 0.6 is 24.0 Å². The van der Waals surface area contributed by atoms with Gasteiger partial charge in [0.2, 0.25) is 0 Å². The van der Waals surface area contributed by atoms with Crippen LogP contribution in [0.3, 0.4) is 0 Å². The average molecular weight is 547 g/mol. The molecule has 1 fully saturated rings. The van der Waals surface area contributed by atoms with Gasteiger partial charge >= 0.3 is 0 Å². The van der Waals surface area contributed by atoms with Crippen molar-refractivity contribution in [1.82, 2.24) is 25.4 Å². The van der Waals surface area contributed by atoms with Crippen molar-refractivity contribution in [3.63, 3.8) is 0 Å². The minimum absolute atomic E-state index is 0. The molecule has 1 atom stereocenters. The molecule has 178 valence electrons. The summed E-state index contributed by atoms with van der Waals surface area (Å²) in [5.41, 5.74) is 0. The van der Waals surface area contributed by atoms with Gasteiger partial charge in [0.05, 0.1) is 6.10 Å². The Balaban J connectivity index is 0.00000341. The number of nitrogens with zero attached hydrogens (tertiary/aromatic N) is 4. The van der Waals surface area contributed by atoms with Gasteiger partial charge in [-0.25, -0.2) is 0 Å². The molecule has 0 radical (unpaired) electrons. The van der Waals surface area contributed by atoms with Crippen molar-refractivity contribution in [3.05, 3.63) is 11.6 Å². The molecule has 0 saturated heterocycles. The summed E-state index contributed by atoms with van der Waals surface area (Å²) in [6.07, 6.45) is 13.6. The quantitative estimate of drug-likeness (QED) is 0.189. The summed E-state index contributed by atoms with van der Waals surface area (Å²) < 4.78 is 8.39. The monoisotopic (exact) mass is 546 g/mol. The van der Waals surface area contributed by atoms with Crippen LogP contribution in [0, 0.1) is 5.92 Å². The van der Waals surface area contributed by atoms with Crippen LogP contribution in [0.1, 0.15) is 83.3 Å². The molecule has 1 saturated carbocycles. The van der Waals surface area contributed by atoms with Crippen LogP contribution in [-0.2, 0) is 24.1 Å². The van der Waals surface area contributed by atoms with E-state index in [1.54, 1.807) is 0 Å². The number of halogens is 1. The third-order valence-electron chi connectivity index (χ3n) is 6.39. The molecule has 0 bridgehead atoms. The Morgan fingerprint density at radius 3 is 2.74 bits per heavy atom.